The quantitative estimate of drug-likeness (QED) is 0.740. The van der Waals surface area contributed by atoms with E-state index in [9.17, 15) is 14.4 Å². The Balaban J connectivity index is 1.84. The Labute approximate surface area is 143 Å². The number of halogens is 1. The molecule has 1 atom stereocenters. The minimum Gasteiger partial charge on any atom is -0.327 e. The summed E-state index contributed by atoms with van der Waals surface area (Å²) in [6.45, 7) is 1.94. The molecule has 2 fully saturated rings. The molecule has 0 N–H and O–H groups in total. The van der Waals surface area contributed by atoms with Crippen LogP contribution < -0.4 is 4.90 Å². The molecule has 1 heterocycles. The normalized spacial score (nSPS) is 21.0. The van der Waals surface area contributed by atoms with Crippen molar-refractivity contribution in [2.45, 2.75) is 51.1 Å². The van der Waals surface area contributed by atoms with Gasteiger partial charge in [0.2, 0.25) is 11.8 Å². The lowest BCUT2D eigenvalue weighted by atomic mass is 10.1. The number of amides is 3. The molecule has 3 amide bonds. The van der Waals surface area contributed by atoms with E-state index in [0.717, 1.165) is 23.7 Å². The Bertz CT molecular complexity index is 640. The zero-order valence-electron chi connectivity index (χ0n) is 13.0. The van der Waals surface area contributed by atoms with Gasteiger partial charge in [-0.05, 0) is 43.5 Å². The number of anilines is 1. The highest BCUT2D eigenvalue weighted by atomic mass is 79.9. The molecular weight excluding hydrogens is 360 g/mol. The predicted molar refractivity (Wildman–Crippen MR) is 89.8 cm³/mol. The van der Waals surface area contributed by atoms with Crippen molar-refractivity contribution in [3.8, 4) is 0 Å². The molecule has 1 aliphatic heterocycles. The number of hydrogen-bond acceptors (Lipinski definition) is 3. The van der Waals surface area contributed by atoms with Crippen molar-refractivity contribution in [3.63, 3.8) is 0 Å². The minimum absolute atomic E-state index is 0.0150. The number of benzene rings is 1. The molecule has 1 saturated carbocycles. The van der Waals surface area contributed by atoms with E-state index in [1.165, 1.54) is 4.90 Å². The fraction of sp³-hybridized carbons (Fsp3) is 0.471. The van der Waals surface area contributed by atoms with Crippen LogP contribution in [0.25, 0.3) is 0 Å². The molecule has 23 heavy (non-hydrogen) atoms. The van der Waals surface area contributed by atoms with E-state index < -0.39 is 6.04 Å². The lowest BCUT2D eigenvalue weighted by molar-refractivity contribution is -0.139. The first kappa shape index (κ1) is 16.2. The van der Waals surface area contributed by atoms with Crippen molar-refractivity contribution in [2.75, 3.05) is 4.90 Å². The highest BCUT2D eigenvalue weighted by molar-refractivity contribution is 9.10. The average molecular weight is 379 g/mol. The van der Waals surface area contributed by atoms with Crippen molar-refractivity contribution in [2.24, 2.45) is 0 Å². The summed E-state index contributed by atoms with van der Waals surface area (Å²) in [5, 5.41) is 0. The molecule has 5 nitrogen and oxygen atoms in total. The number of hydrogen-bond donors (Lipinski definition) is 0. The third kappa shape index (κ3) is 3.17. The van der Waals surface area contributed by atoms with E-state index in [1.807, 2.05) is 6.92 Å². The predicted octanol–water partition coefficient (Wildman–Crippen LogP) is 2.87. The molecular formula is C17H19BrN2O3. The van der Waals surface area contributed by atoms with Crippen molar-refractivity contribution in [3.05, 3.63) is 28.7 Å². The Morgan fingerprint density at radius 2 is 1.91 bits per heavy atom. The van der Waals surface area contributed by atoms with Gasteiger partial charge in [-0.1, -0.05) is 22.9 Å². The first-order valence-electron chi connectivity index (χ1n) is 7.96. The summed E-state index contributed by atoms with van der Waals surface area (Å²) in [5.74, 6) is -0.537. The van der Waals surface area contributed by atoms with Crippen LogP contribution in [0.2, 0.25) is 0 Å². The van der Waals surface area contributed by atoms with Gasteiger partial charge in [-0.2, -0.15) is 0 Å². The Morgan fingerprint density at radius 1 is 1.26 bits per heavy atom. The number of nitrogens with zero attached hydrogens (tertiary/aromatic N) is 2. The molecule has 0 bridgehead atoms. The summed E-state index contributed by atoms with van der Waals surface area (Å²) in [6, 6.07) is 6.54. The second-order valence-electron chi connectivity index (χ2n) is 6.05. The van der Waals surface area contributed by atoms with Crippen LogP contribution >= 0.6 is 15.9 Å². The fourth-order valence-electron chi connectivity index (χ4n) is 3.02. The van der Waals surface area contributed by atoms with Crippen LogP contribution in [0.5, 0.6) is 0 Å². The molecule has 0 aromatic heterocycles. The van der Waals surface area contributed by atoms with Gasteiger partial charge in [0.1, 0.15) is 6.04 Å². The lowest BCUT2D eigenvalue weighted by Crippen LogP contribution is -2.46. The van der Waals surface area contributed by atoms with Gasteiger partial charge in [0.05, 0.1) is 12.1 Å². The van der Waals surface area contributed by atoms with Gasteiger partial charge in [0.25, 0.3) is 5.91 Å². The van der Waals surface area contributed by atoms with Gasteiger partial charge < -0.3 is 4.90 Å². The third-order valence-corrected chi connectivity index (χ3v) is 4.76. The number of imide groups is 1. The standard InChI is InChI=1S/C17H19BrN2O3/c1-2-3-15(21)19(12-8-9-12)14-10-16(22)20(17(14)23)13-6-4-11(18)5-7-13/h4-7,12,14H,2-3,8-10H2,1H3. The highest BCUT2D eigenvalue weighted by Gasteiger charge is 2.48. The molecule has 3 rings (SSSR count). The van der Waals surface area contributed by atoms with Crippen LogP contribution in [0.4, 0.5) is 5.69 Å². The van der Waals surface area contributed by atoms with E-state index in [4.69, 9.17) is 0 Å². The Hall–Kier alpha value is -1.69. The van der Waals surface area contributed by atoms with Gasteiger partial charge in [-0.25, -0.2) is 4.90 Å². The van der Waals surface area contributed by atoms with Crippen molar-refractivity contribution >= 4 is 39.3 Å². The van der Waals surface area contributed by atoms with Gasteiger partial charge >= 0.3 is 0 Å². The molecule has 0 radical (unpaired) electrons. The zero-order valence-corrected chi connectivity index (χ0v) is 14.6. The molecule has 6 heteroatoms. The van der Waals surface area contributed by atoms with Crippen LogP contribution in [-0.2, 0) is 14.4 Å². The summed E-state index contributed by atoms with van der Waals surface area (Å²) in [4.78, 5) is 40.4. The summed E-state index contributed by atoms with van der Waals surface area (Å²) in [5.41, 5.74) is 0.560. The second-order valence-corrected chi connectivity index (χ2v) is 6.96. The van der Waals surface area contributed by atoms with Crippen LogP contribution in [0, 0.1) is 0 Å². The van der Waals surface area contributed by atoms with E-state index in [-0.39, 0.29) is 30.2 Å². The summed E-state index contributed by atoms with van der Waals surface area (Å²) in [7, 11) is 0. The molecule has 1 aromatic rings. The summed E-state index contributed by atoms with van der Waals surface area (Å²) >= 11 is 3.34. The van der Waals surface area contributed by atoms with E-state index in [0.29, 0.717) is 12.1 Å². The largest absolute Gasteiger partial charge is 0.327 e. The Morgan fingerprint density at radius 3 is 2.48 bits per heavy atom. The molecule has 1 aliphatic carbocycles. The smallest absolute Gasteiger partial charge is 0.257 e. The SMILES string of the molecule is CCCC(=O)N(C1CC1)C1CC(=O)N(c2ccc(Br)cc2)C1=O. The van der Waals surface area contributed by atoms with Crippen LogP contribution in [0.15, 0.2) is 28.7 Å². The van der Waals surface area contributed by atoms with Crippen molar-refractivity contribution < 1.29 is 14.4 Å². The van der Waals surface area contributed by atoms with E-state index >= 15 is 0 Å². The average Bonchev–Trinajstić information content (AvgIpc) is 3.29. The second kappa shape index (κ2) is 6.43. The number of carbonyl (C=O) groups is 3. The lowest BCUT2D eigenvalue weighted by Gasteiger charge is -2.27. The molecule has 1 unspecified atom stereocenters. The molecule has 0 spiro atoms. The number of rotatable bonds is 5. The molecule has 1 aromatic carbocycles. The maximum atomic E-state index is 12.8. The van der Waals surface area contributed by atoms with Crippen LogP contribution in [0.1, 0.15) is 39.0 Å². The van der Waals surface area contributed by atoms with Gasteiger partial charge in [0, 0.05) is 16.9 Å². The van der Waals surface area contributed by atoms with E-state index in [1.54, 1.807) is 29.2 Å². The maximum absolute atomic E-state index is 12.8. The molecule has 122 valence electrons. The van der Waals surface area contributed by atoms with Crippen molar-refractivity contribution in [1.82, 2.24) is 4.90 Å². The zero-order chi connectivity index (χ0) is 16.6. The van der Waals surface area contributed by atoms with Gasteiger partial charge in [-0.15, -0.1) is 0 Å². The first-order valence-corrected chi connectivity index (χ1v) is 8.75. The Kier molecular flexibility index (Phi) is 4.53. The van der Waals surface area contributed by atoms with Crippen LogP contribution in [0.3, 0.4) is 0 Å². The topological polar surface area (TPSA) is 57.7 Å². The summed E-state index contributed by atoms with van der Waals surface area (Å²) in [6.07, 6.45) is 3.10. The van der Waals surface area contributed by atoms with E-state index in [2.05, 4.69) is 15.9 Å². The fourth-order valence-corrected chi connectivity index (χ4v) is 3.29. The van der Waals surface area contributed by atoms with Crippen LogP contribution in [-0.4, -0.2) is 34.7 Å². The monoisotopic (exact) mass is 378 g/mol. The maximum Gasteiger partial charge on any atom is 0.257 e. The van der Waals surface area contributed by atoms with Gasteiger partial charge in [-0.3, -0.25) is 14.4 Å². The first-order chi connectivity index (χ1) is 11.0. The number of carbonyl (C=O) groups excluding carboxylic acids is 3. The van der Waals surface area contributed by atoms with Gasteiger partial charge in [0.15, 0.2) is 0 Å². The molecule has 1 saturated heterocycles. The minimum atomic E-state index is -0.641. The molecule has 2 aliphatic rings. The third-order valence-electron chi connectivity index (χ3n) is 4.24. The highest BCUT2D eigenvalue weighted by Crippen LogP contribution is 2.34. The van der Waals surface area contributed by atoms with Crippen molar-refractivity contribution in [1.29, 1.82) is 0 Å². The summed E-state index contributed by atoms with van der Waals surface area (Å²) < 4.78 is 0.884.